The molecule has 4 N–H and O–H groups in total. The molecule has 1 aliphatic carbocycles. The fourth-order valence-corrected chi connectivity index (χ4v) is 3.16. The lowest BCUT2D eigenvalue weighted by molar-refractivity contribution is -0.136. The highest BCUT2D eigenvalue weighted by Gasteiger charge is 2.37. The maximum absolute atomic E-state index is 12.3. The van der Waals surface area contributed by atoms with Crippen molar-refractivity contribution in [2.24, 2.45) is 17.6 Å². The summed E-state index contributed by atoms with van der Waals surface area (Å²) in [5, 5.41) is 19.0. The summed E-state index contributed by atoms with van der Waals surface area (Å²) in [5.74, 6) is 0.328. The van der Waals surface area contributed by atoms with Crippen molar-refractivity contribution >= 4 is 5.91 Å². The number of hydrogen-bond acceptors (Lipinski definition) is 4. The Kier molecular flexibility index (Phi) is 4.25. The highest BCUT2D eigenvalue weighted by atomic mass is 16.3. The van der Waals surface area contributed by atoms with Crippen LogP contribution in [0.1, 0.15) is 32.6 Å². The number of carbonyl (C=O) groups excluding carboxylic acids is 1. The second-order valence-corrected chi connectivity index (χ2v) is 5.85. The van der Waals surface area contributed by atoms with Gasteiger partial charge < -0.3 is 20.8 Å². The number of nitrogens with two attached hydrogens (primary N) is 1. The van der Waals surface area contributed by atoms with Crippen molar-refractivity contribution in [3.63, 3.8) is 0 Å². The van der Waals surface area contributed by atoms with Gasteiger partial charge in [0.1, 0.15) is 0 Å². The van der Waals surface area contributed by atoms with Gasteiger partial charge in [-0.1, -0.05) is 13.3 Å². The van der Waals surface area contributed by atoms with Gasteiger partial charge >= 0.3 is 0 Å². The number of carbonyl (C=O) groups is 1. The van der Waals surface area contributed by atoms with E-state index < -0.39 is 12.2 Å². The minimum atomic E-state index is -0.797. The highest BCUT2D eigenvalue weighted by Crippen LogP contribution is 2.31. The predicted octanol–water partition coefficient (Wildman–Crippen LogP) is -0.296. The molecule has 2 fully saturated rings. The number of likely N-dealkylation sites (tertiary alicyclic amines) is 1. The Hall–Kier alpha value is -0.650. The summed E-state index contributed by atoms with van der Waals surface area (Å²) in [5.41, 5.74) is 5.96. The Morgan fingerprint density at radius 1 is 1.28 bits per heavy atom. The summed E-state index contributed by atoms with van der Waals surface area (Å²) in [4.78, 5) is 13.9. The standard InChI is InChI=1S/C13H24N2O3/c1-8(9-3-2-4-10(14)5-9)13(18)15-6-11(16)12(17)7-15/h8-12,16-17H,2-7,14H2,1H3. The molecule has 1 heterocycles. The Balaban J connectivity index is 1.92. The van der Waals surface area contributed by atoms with E-state index in [2.05, 4.69) is 0 Å². The lowest BCUT2D eigenvalue weighted by Crippen LogP contribution is -2.40. The molecule has 5 atom stereocenters. The largest absolute Gasteiger partial charge is 0.388 e. The zero-order chi connectivity index (χ0) is 13.3. The molecule has 5 heteroatoms. The Bertz CT molecular complexity index is 301. The van der Waals surface area contributed by atoms with E-state index >= 15 is 0 Å². The van der Waals surface area contributed by atoms with E-state index in [-0.39, 0.29) is 31.0 Å². The van der Waals surface area contributed by atoms with E-state index in [4.69, 9.17) is 5.73 Å². The number of aliphatic hydroxyl groups excluding tert-OH is 2. The SMILES string of the molecule is CC(C(=O)N1CC(O)C(O)C1)C1CCCC(N)C1. The lowest BCUT2D eigenvalue weighted by Gasteiger charge is -2.32. The van der Waals surface area contributed by atoms with Gasteiger partial charge in [0.2, 0.25) is 5.91 Å². The normalized spacial score (nSPS) is 38.8. The van der Waals surface area contributed by atoms with Crippen molar-refractivity contribution in [2.45, 2.75) is 50.9 Å². The summed E-state index contributed by atoms with van der Waals surface area (Å²) >= 11 is 0. The van der Waals surface area contributed by atoms with Gasteiger partial charge in [0.25, 0.3) is 0 Å². The Morgan fingerprint density at radius 3 is 2.44 bits per heavy atom. The van der Waals surface area contributed by atoms with E-state index in [1.54, 1.807) is 4.90 Å². The molecule has 0 aromatic carbocycles. The van der Waals surface area contributed by atoms with Crippen LogP contribution < -0.4 is 5.73 Å². The molecule has 0 radical (unpaired) electrons. The van der Waals surface area contributed by atoms with Crippen molar-refractivity contribution < 1.29 is 15.0 Å². The fraction of sp³-hybridized carbons (Fsp3) is 0.923. The topological polar surface area (TPSA) is 86.8 Å². The van der Waals surface area contributed by atoms with Gasteiger partial charge in [-0.3, -0.25) is 4.79 Å². The van der Waals surface area contributed by atoms with E-state index in [1.807, 2.05) is 6.92 Å². The number of aliphatic hydroxyl groups is 2. The molecule has 5 nitrogen and oxygen atoms in total. The molecule has 1 amide bonds. The third-order valence-corrected chi connectivity index (χ3v) is 4.42. The number of hydrogen-bond donors (Lipinski definition) is 3. The molecule has 0 aromatic rings. The first-order valence-electron chi connectivity index (χ1n) is 6.89. The lowest BCUT2D eigenvalue weighted by atomic mass is 9.78. The monoisotopic (exact) mass is 256 g/mol. The van der Waals surface area contributed by atoms with Gasteiger partial charge in [-0.2, -0.15) is 0 Å². The molecular formula is C13H24N2O3. The Morgan fingerprint density at radius 2 is 1.89 bits per heavy atom. The molecule has 0 bridgehead atoms. The van der Waals surface area contributed by atoms with Crippen LogP contribution in [-0.4, -0.2) is 52.4 Å². The summed E-state index contributed by atoms with van der Waals surface area (Å²) in [6, 6.07) is 0.216. The molecule has 1 saturated heterocycles. The van der Waals surface area contributed by atoms with Crippen LogP contribution in [0.25, 0.3) is 0 Å². The van der Waals surface area contributed by atoms with Crippen LogP contribution >= 0.6 is 0 Å². The van der Waals surface area contributed by atoms with Gasteiger partial charge in [-0.15, -0.1) is 0 Å². The number of β-amino-alcohol motifs (C(OH)–C–C–N with tert-alkyl or cyclic N) is 2. The van der Waals surface area contributed by atoms with Crippen molar-refractivity contribution in [2.75, 3.05) is 13.1 Å². The second kappa shape index (κ2) is 5.55. The predicted molar refractivity (Wildman–Crippen MR) is 67.7 cm³/mol. The van der Waals surface area contributed by atoms with Crippen molar-refractivity contribution in [1.82, 2.24) is 4.90 Å². The van der Waals surface area contributed by atoms with Crippen LogP contribution in [0.15, 0.2) is 0 Å². The molecule has 0 spiro atoms. The Labute approximate surface area is 108 Å². The van der Waals surface area contributed by atoms with Gasteiger partial charge in [-0.05, 0) is 25.2 Å². The highest BCUT2D eigenvalue weighted by molar-refractivity contribution is 5.79. The minimum Gasteiger partial charge on any atom is -0.388 e. The third kappa shape index (κ3) is 2.84. The summed E-state index contributed by atoms with van der Waals surface area (Å²) in [6.07, 6.45) is 2.52. The molecule has 2 rings (SSSR count). The van der Waals surface area contributed by atoms with E-state index in [0.29, 0.717) is 5.92 Å². The van der Waals surface area contributed by atoms with Gasteiger partial charge in [-0.25, -0.2) is 0 Å². The van der Waals surface area contributed by atoms with Crippen LogP contribution in [0, 0.1) is 11.8 Å². The van der Waals surface area contributed by atoms with E-state index in [9.17, 15) is 15.0 Å². The zero-order valence-corrected chi connectivity index (χ0v) is 11.0. The van der Waals surface area contributed by atoms with Crippen molar-refractivity contribution in [3.8, 4) is 0 Å². The maximum Gasteiger partial charge on any atom is 0.225 e. The zero-order valence-electron chi connectivity index (χ0n) is 11.0. The smallest absolute Gasteiger partial charge is 0.225 e. The molecule has 1 saturated carbocycles. The minimum absolute atomic E-state index is 0.0460. The van der Waals surface area contributed by atoms with Crippen molar-refractivity contribution in [3.05, 3.63) is 0 Å². The average Bonchev–Trinajstić information content (AvgIpc) is 2.68. The molecule has 18 heavy (non-hydrogen) atoms. The molecule has 0 aromatic heterocycles. The van der Waals surface area contributed by atoms with Crippen LogP contribution in [0.2, 0.25) is 0 Å². The fourth-order valence-electron chi connectivity index (χ4n) is 3.16. The van der Waals surface area contributed by atoms with Crippen LogP contribution in [-0.2, 0) is 4.79 Å². The molecule has 104 valence electrons. The second-order valence-electron chi connectivity index (χ2n) is 5.85. The average molecular weight is 256 g/mol. The third-order valence-electron chi connectivity index (χ3n) is 4.42. The van der Waals surface area contributed by atoms with E-state index in [0.717, 1.165) is 25.7 Å². The van der Waals surface area contributed by atoms with Gasteiger partial charge in [0.15, 0.2) is 0 Å². The van der Waals surface area contributed by atoms with Gasteiger partial charge in [0, 0.05) is 25.0 Å². The quantitative estimate of drug-likeness (QED) is 0.633. The first kappa shape index (κ1) is 13.8. The van der Waals surface area contributed by atoms with Crippen LogP contribution in [0.3, 0.4) is 0 Å². The number of amides is 1. The summed E-state index contributed by atoms with van der Waals surface area (Å²) < 4.78 is 0. The molecular weight excluding hydrogens is 232 g/mol. The number of rotatable bonds is 2. The summed E-state index contributed by atoms with van der Waals surface area (Å²) in [6.45, 7) is 2.45. The first-order valence-corrected chi connectivity index (χ1v) is 6.89. The number of nitrogens with zero attached hydrogens (tertiary/aromatic N) is 1. The van der Waals surface area contributed by atoms with Crippen molar-refractivity contribution in [1.29, 1.82) is 0 Å². The van der Waals surface area contributed by atoms with Gasteiger partial charge in [0.05, 0.1) is 12.2 Å². The van der Waals surface area contributed by atoms with Crippen LogP contribution in [0.5, 0.6) is 0 Å². The molecule has 2 aliphatic rings. The first-order chi connectivity index (χ1) is 8.49. The maximum atomic E-state index is 12.3. The van der Waals surface area contributed by atoms with E-state index in [1.165, 1.54) is 0 Å². The summed E-state index contributed by atoms with van der Waals surface area (Å²) in [7, 11) is 0. The molecule has 5 unspecified atom stereocenters. The molecule has 1 aliphatic heterocycles. The van der Waals surface area contributed by atoms with Crippen LogP contribution in [0.4, 0.5) is 0 Å².